The van der Waals surface area contributed by atoms with Crippen LogP contribution >= 0.6 is 0 Å². The highest BCUT2D eigenvalue weighted by Crippen LogP contribution is 2.22. The molecule has 0 saturated heterocycles. The maximum Gasteiger partial charge on any atom is 0.0673 e. The fraction of sp³-hybridized carbons (Fsp3) is 1.00. The highest BCUT2D eigenvalue weighted by Gasteiger charge is 2.24. The lowest BCUT2D eigenvalue weighted by molar-refractivity contribution is -0.0804. The van der Waals surface area contributed by atoms with E-state index in [4.69, 9.17) is 15.0 Å². The Kier molecular flexibility index (Phi) is 8.00. The summed E-state index contributed by atoms with van der Waals surface area (Å²) in [4.78, 5) is 2.71. The van der Waals surface area contributed by atoms with Gasteiger partial charge in [-0.2, -0.15) is 0 Å². The molecule has 0 aliphatic heterocycles. The van der Waals surface area contributed by atoms with Gasteiger partial charge in [0.15, 0.2) is 0 Å². The molecule has 0 N–H and O–H groups in total. The quantitative estimate of drug-likeness (QED) is 0.256. The van der Waals surface area contributed by atoms with Gasteiger partial charge in [-0.3, -0.25) is 0 Å². The SMILES string of the molecule is CCC(C)(C)OCCC(C)(CC)OCCN=[N+]=[N-]. The normalized spacial score (nSPS) is 14.9. The molecule has 0 radical (unpaired) electrons. The summed E-state index contributed by atoms with van der Waals surface area (Å²) in [5, 5.41) is 3.47. The molecule has 0 aromatic heterocycles. The van der Waals surface area contributed by atoms with E-state index in [-0.39, 0.29) is 11.2 Å². The number of hydrogen-bond acceptors (Lipinski definition) is 3. The first-order valence-electron chi connectivity index (χ1n) is 6.68. The third kappa shape index (κ3) is 7.54. The molecule has 5 nitrogen and oxygen atoms in total. The van der Waals surface area contributed by atoms with Crippen molar-refractivity contribution in [2.45, 2.75) is 65.1 Å². The summed E-state index contributed by atoms with van der Waals surface area (Å²) >= 11 is 0. The van der Waals surface area contributed by atoms with Crippen LogP contribution in [0.4, 0.5) is 0 Å². The van der Waals surface area contributed by atoms with Crippen LogP contribution in [0.25, 0.3) is 10.4 Å². The minimum Gasteiger partial charge on any atom is -0.375 e. The summed E-state index contributed by atoms with van der Waals surface area (Å²) in [7, 11) is 0. The van der Waals surface area contributed by atoms with Crippen LogP contribution in [0, 0.1) is 0 Å². The fourth-order valence-corrected chi connectivity index (χ4v) is 1.37. The molecule has 0 saturated carbocycles. The largest absolute Gasteiger partial charge is 0.375 e. The summed E-state index contributed by atoms with van der Waals surface area (Å²) in [5.74, 6) is 0. The summed E-state index contributed by atoms with van der Waals surface area (Å²) in [6, 6.07) is 0. The maximum atomic E-state index is 8.19. The van der Waals surface area contributed by atoms with Gasteiger partial charge in [0.25, 0.3) is 0 Å². The van der Waals surface area contributed by atoms with E-state index in [1.165, 1.54) is 0 Å². The first kappa shape index (κ1) is 17.2. The lowest BCUT2D eigenvalue weighted by Crippen LogP contribution is -2.33. The Morgan fingerprint density at radius 1 is 1.06 bits per heavy atom. The molecule has 1 unspecified atom stereocenters. The second-order valence-corrected chi connectivity index (χ2v) is 5.32. The van der Waals surface area contributed by atoms with Gasteiger partial charge >= 0.3 is 0 Å². The van der Waals surface area contributed by atoms with Crippen molar-refractivity contribution in [2.75, 3.05) is 19.8 Å². The average molecular weight is 257 g/mol. The van der Waals surface area contributed by atoms with E-state index in [2.05, 4.69) is 44.6 Å². The second-order valence-electron chi connectivity index (χ2n) is 5.32. The second kappa shape index (κ2) is 8.35. The third-order valence-corrected chi connectivity index (χ3v) is 3.43. The summed E-state index contributed by atoms with van der Waals surface area (Å²) < 4.78 is 11.6. The Morgan fingerprint density at radius 3 is 2.22 bits per heavy atom. The van der Waals surface area contributed by atoms with E-state index in [0.29, 0.717) is 19.8 Å². The van der Waals surface area contributed by atoms with Gasteiger partial charge in [0, 0.05) is 11.5 Å². The van der Waals surface area contributed by atoms with Crippen molar-refractivity contribution in [1.82, 2.24) is 0 Å². The Bertz CT molecular complexity index is 275. The van der Waals surface area contributed by atoms with Gasteiger partial charge in [-0.15, -0.1) is 0 Å². The molecule has 0 aliphatic rings. The highest BCUT2D eigenvalue weighted by molar-refractivity contribution is 4.75. The van der Waals surface area contributed by atoms with Crippen LogP contribution in [-0.4, -0.2) is 31.0 Å². The van der Waals surface area contributed by atoms with Gasteiger partial charge in [-0.1, -0.05) is 19.0 Å². The summed E-state index contributed by atoms with van der Waals surface area (Å²) in [6.45, 7) is 12.0. The molecule has 0 bridgehead atoms. The van der Waals surface area contributed by atoms with E-state index in [1.807, 2.05) is 0 Å². The van der Waals surface area contributed by atoms with Crippen molar-refractivity contribution in [1.29, 1.82) is 0 Å². The third-order valence-electron chi connectivity index (χ3n) is 3.43. The Labute approximate surface area is 110 Å². The molecule has 5 heteroatoms. The van der Waals surface area contributed by atoms with Gasteiger partial charge in [-0.25, -0.2) is 0 Å². The maximum absolute atomic E-state index is 8.19. The molecule has 0 fully saturated rings. The predicted octanol–water partition coefficient (Wildman–Crippen LogP) is 4.08. The van der Waals surface area contributed by atoms with Gasteiger partial charge in [0.2, 0.25) is 0 Å². The average Bonchev–Trinajstić information content (AvgIpc) is 2.34. The van der Waals surface area contributed by atoms with Crippen molar-refractivity contribution >= 4 is 0 Å². The zero-order chi connectivity index (χ0) is 14.1. The number of nitrogens with zero attached hydrogens (tertiary/aromatic N) is 3. The van der Waals surface area contributed by atoms with Gasteiger partial charge in [0.05, 0.1) is 24.4 Å². The summed E-state index contributed by atoms with van der Waals surface area (Å²) in [5.41, 5.74) is 7.92. The van der Waals surface area contributed by atoms with Crippen LogP contribution in [0.15, 0.2) is 5.11 Å². The monoisotopic (exact) mass is 257 g/mol. The van der Waals surface area contributed by atoms with Gasteiger partial charge < -0.3 is 9.47 Å². The topological polar surface area (TPSA) is 67.2 Å². The van der Waals surface area contributed by atoms with E-state index >= 15 is 0 Å². The van der Waals surface area contributed by atoms with Crippen LogP contribution in [0.2, 0.25) is 0 Å². The fourth-order valence-electron chi connectivity index (χ4n) is 1.37. The molecule has 0 aromatic carbocycles. The molecule has 0 heterocycles. The van der Waals surface area contributed by atoms with Gasteiger partial charge in [0.1, 0.15) is 0 Å². The lowest BCUT2D eigenvalue weighted by Gasteiger charge is -2.31. The van der Waals surface area contributed by atoms with Crippen LogP contribution in [0.5, 0.6) is 0 Å². The molecule has 106 valence electrons. The molecular weight excluding hydrogens is 230 g/mol. The lowest BCUT2D eigenvalue weighted by atomic mass is 9.99. The molecule has 0 aliphatic carbocycles. The van der Waals surface area contributed by atoms with E-state index in [9.17, 15) is 0 Å². The highest BCUT2D eigenvalue weighted by atomic mass is 16.5. The molecule has 0 aromatic rings. The minimum absolute atomic E-state index is 0.0697. The Morgan fingerprint density at radius 2 is 1.72 bits per heavy atom. The van der Waals surface area contributed by atoms with E-state index < -0.39 is 0 Å². The molecule has 18 heavy (non-hydrogen) atoms. The van der Waals surface area contributed by atoms with Crippen molar-refractivity contribution in [3.8, 4) is 0 Å². The van der Waals surface area contributed by atoms with E-state index in [0.717, 1.165) is 19.3 Å². The minimum atomic E-state index is -0.200. The van der Waals surface area contributed by atoms with Crippen molar-refractivity contribution in [3.63, 3.8) is 0 Å². The first-order valence-corrected chi connectivity index (χ1v) is 6.68. The predicted molar refractivity (Wildman–Crippen MR) is 73.6 cm³/mol. The van der Waals surface area contributed by atoms with Crippen molar-refractivity contribution in [2.24, 2.45) is 5.11 Å². The summed E-state index contributed by atoms with van der Waals surface area (Å²) in [6.07, 6.45) is 2.76. The number of rotatable bonds is 10. The molecule has 0 amide bonds. The zero-order valence-electron chi connectivity index (χ0n) is 12.4. The van der Waals surface area contributed by atoms with Crippen molar-refractivity contribution in [3.05, 3.63) is 10.4 Å². The van der Waals surface area contributed by atoms with Crippen LogP contribution < -0.4 is 0 Å². The number of ether oxygens (including phenoxy) is 2. The Hall–Kier alpha value is -0.770. The van der Waals surface area contributed by atoms with Crippen LogP contribution in [0.3, 0.4) is 0 Å². The van der Waals surface area contributed by atoms with Crippen molar-refractivity contribution < 1.29 is 9.47 Å². The number of azide groups is 1. The number of hydrogen-bond donors (Lipinski definition) is 0. The van der Waals surface area contributed by atoms with Crippen LogP contribution in [-0.2, 0) is 9.47 Å². The standard InChI is InChI=1S/C13H27N3O2/c1-6-12(3,4)17-10-8-13(5,7-2)18-11-9-15-16-14/h6-11H2,1-5H3. The smallest absolute Gasteiger partial charge is 0.0673 e. The zero-order valence-corrected chi connectivity index (χ0v) is 12.4. The Balaban J connectivity index is 4.03. The molecule has 1 atom stereocenters. The van der Waals surface area contributed by atoms with E-state index in [1.54, 1.807) is 0 Å². The first-order chi connectivity index (χ1) is 8.39. The van der Waals surface area contributed by atoms with Gasteiger partial charge in [-0.05, 0) is 45.6 Å². The molecule has 0 spiro atoms. The van der Waals surface area contributed by atoms with Crippen LogP contribution in [0.1, 0.15) is 53.9 Å². The molecule has 0 rings (SSSR count). The molecular formula is C13H27N3O2.